The third kappa shape index (κ3) is 4.21. The van der Waals surface area contributed by atoms with Gasteiger partial charge in [-0.25, -0.2) is 0 Å². The van der Waals surface area contributed by atoms with Gasteiger partial charge in [0.1, 0.15) is 6.04 Å². The number of hydrogen-bond acceptors (Lipinski definition) is 4. The molecule has 0 aromatic heterocycles. The van der Waals surface area contributed by atoms with E-state index in [9.17, 15) is 32.9 Å². The highest BCUT2D eigenvalue weighted by molar-refractivity contribution is 5.91. The molecule has 1 aliphatic heterocycles. The Kier molecular flexibility index (Phi) is 5.05. The summed E-state index contributed by atoms with van der Waals surface area (Å²) in [5, 5.41) is 12.2. The van der Waals surface area contributed by atoms with E-state index in [4.69, 9.17) is 0 Å². The molecule has 1 saturated heterocycles. The molecule has 2 rings (SSSR count). The van der Waals surface area contributed by atoms with Crippen LogP contribution in [0.3, 0.4) is 0 Å². The number of non-ortho nitro benzene ring substituents is 1. The van der Waals surface area contributed by atoms with Crippen LogP contribution in [0.1, 0.15) is 12.0 Å². The summed E-state index contributed by atoms with van der Waals surface area (Å²) in [6.07, 6.45) is -4.50. The molecule has 130 valence electrons. The topological polar surface area (TPSA) is 92.6 Å². The van der Waals surface area contributed by atoms with Gasteiger partial charge in [0.15, 0.2) is 0 Å². The second kappa shape index (κ2) is 6.85. The van der Waals surface area contributed by atoms with Crippen LogP contribution in [0.25, 0.3) is 0 Å². The summed E-state index contributed by atoms with van der Waals surface area (Å²) in [6, 6.07) is 4.63. The zero-order valence-electron chi connectivity index (χ0n) is 12.4. The summed E-state index contributed by atoms with van der Waals surface area (Å²) in [5.74, 6) is -2.69. The average molecular weight is 345 g/mol. The van der Waals surface area contributed by atoms with Crippen molar-refractivity contribution >= 4 is 17.5 Å². The smallest absolute Gasteiger partial charge is 0.340 e. The molecule has 0 unspecified atom stereocenters. The van der Waals surface area contributed by atoms with Crippen molar-refractivity contribution in [1.82, 2.24) is 10.2 Å². The molecule has 1 fully saturated rings. The SMILES string of the molecule is O=C1[C@@H](NC(=O)C(F)(F)F)CCN1CCc1ccc([N+](=O)[O-])cc1. The maximum absolute atomic E-state index is 12.2. The number of rotatable bonds is 5. The number of carbonyl (C=O) groups excluding carboxylic acids is 2. The van der Waals surface area contributed by atoms with Crippen molar-refractivity contribution in [3.8, 4) is 0 Å². The molecule has 7 nitrogen and oxygen atoms in total. The molecule has 1 atom stereocenters. The number of nitrogens with one attached hydrogen (secondary N) is 1. The Morgan fingerprint density at radius 1 is 1.33 bits per heavy atom. The van der Waals surface area contributed by atoms with E-state index >= 15 is 0 Å². The first-order valence-electron chi connectivity index (χ1n) is 7.08. The van der Waals surface area contributed by atoms with Gasteiger partial charge in [0, 0.05) is 25.2 Å². The predicted molar refractivity (Wildman–Crippen MR) is 76.0 cm³/mol. The second-order valence-corrected chi connectivity index (χ2v) is 5.31. The molecule has 1 aromatic rings. The van der Waals surface area contributed by atoms with Crippen LogP contribution in [0.4, 0.5) is 18.9 Å². The monoisotopic (exact) mass is 345 g/mol. The quantitative estimate of drug-likeness (QED) is 0.645. The van der Waals surface area contributed by atoms with Crippen molar-refractivity contribution in [2.24, 2.45) is 0 Å². The third-order valence-electron chi connectivity index (χ3n) is 3.68. The van der Waals surface area contributed by atoms with E-state index in [1.807, 2.05) is 0 Å². The molecule has 2 amide bonds. The van der Waals surface area contributed by atoms with Gasteiger partial charge in [-0.2, -0.15) is 13.2 Å². The normalized spacial score (nSPS) is 17.9. The average Bonchev–Trinajstić information content (AvgIpc) is 2.85. The summed E-state index contributed by atoms with van der Waals surface area (Å²) >= 11 is 0. The van der Waals surface area contributed by atoms with Crippen molar-refractivity contribution in [2.75, 3.05) is 13.1 Å². The highest BCUT2D eigenvalue weighted by atomic mass is 19.4. The highest BCUT2D eigenvalue weighted by Crippen LogP contribution is 2.18. The van der Waals surface area contributed by atoms with Crippen molar-refractivity contribution in [3.63, 3.8) is 0 Å². The van der Waals surface area contributed by atoms with Crippen LogP contribution in [-0.4, -0.2) is 46.9 Å². The van der Waals surface area contributed by atoms with Crippen LogP contribution < -0.4 is 5.32 Å². The lowest BCUT2D eigenvalue weighted by Crippen LogP contribution is -2.47. The van der Waals surface area contributed by atoms with Crippen LogP contribution >= 0.6 is 0 Å². The molecular formula is C14H14F3N3O4. The number of hydrogen-bond donors (Lipinski definition) is 1. The Labute approximate surface area is 134 Å². The standard InChI is InChI=1S/C14H14F3N3O4/c15-14(16,17)13(22)18-11-6-8-19(12(11)21)7-5-9-1-3-10(4-2-9)20(23)24/h1-4,11H,5-8H2,(H,18,22)/t11-/m0/s1. The zero-order chi connectivity index (χ0) is 17.9. The van der Waals surface area contributed by atoms with Gasteiger partial charge in [0.25, 0.3) is 5.69 Å². The van der Waals surface area contributed by atoms with Gasteiger partial charge in [-0.15, -0.1) is 0 Å². The molecule has 1 aliphatic rings. The van der Waals surface area contributed by atoms with Crippen LogP contribution in [0, 0.1) is 10.1 Å². The molecule has 1 N–H and O–H groups in total. The van der Waals surface area contributed by atoms with Crippen molar-refractivity contribution in [1.29, 1.82) is 0 Å². The van der Waals surface area contributed by atoms with Crippen LogP contribution in [0.15, 0.2) is 24.3 Å². The summed E-state index contributed by atoms with van der Waals surface area (Å²) in [6.45, 7) is 0.504. The number of benzene rings is 1. The van der Waals surface area contributed by atoms with Gasteiger partial charge >= 0.3 is 12.1 Å². The number of nitrogens with zero attached hydrogens (tertiary/aromatic N) is 2. The number of nitro groups is 1. The minimum Gasteiger partial charge on any atom is -0.340 e. The molecule has 0 saturated carbocycles. The molecule has 0 radical (unpaired) electrons. The Balaban J connectivity index is 1.87. The zero-order valence-corrected chi connectivity index (χ0v) is 12.4. The fourth-order valence-corrected chi connectivity index (χ4v) is 2.38. The van der Waals surface area contributed by atoms with Crippen LogP contribution in [0.5, 0.6) is 0 Å². The molecule has 10 heteroatoms. The molecule has 1 heterocycles. The minimum absolute atomic E-state index is 0.0501. The van der Waals surface area contributed by atoms with Gasteiger partial charge in [0.05, 0.1) is 4.92 Å². The lowest BCUT2D eigenvalue weighted by Gasteiger charge is -2.17. The lowest BCUT2D eigenvalue weighted by molar-refractivity contribution is -0.384. The molecule has 0 spiro atoms. The molecular weight excluding hydrogens is 331 g/mol. The summed E-state index contributed by atoms with van der Waals surface area (Å²) in [4.78, 5) is 34.3. The summed E-state index contributed by atoms with van der Waals surface area (Å²) in [5.41, 5.74) is 0.710. The van der Waals surface area contributed by atoms with Gasteiger partial charge in [-0.3, -0.25) is 19.7 Å². The van der Waals surface area contributed by atoms with E-state index in [1.54, 1.807) is 17.4 Å². The van der Waals surface area contributed by atoms with Crippen molar-refractivity contribution in [3.05, 3.63) is 39.9 Å². The fraction of sp³-hybridized carbons (Fsp3) is 0.429. The number of alkyl halides is 3. The first kappa shape index (κ1) is 17.7. The lowest BCUT2D eigenvalue weighted by atomic mass is 10.1. The van der Waals surface area contributed by atoms with Gasteiger partial charge < -0.3 is 10.2 Å². The number of likely N-dealkylation sites (tertiary alicyclic amines) is 1. The van der Waals surface area contributed by atoms with Crippen molar-refractivity contribution in [2.45, 2.75) is 25.1 Å². The van der Waals surface area contributed by atoms with Gasteiger partial charge in [-0.05, 0) is 18.4 Å². The fourth-order valence-electron chi connectivity index (χ4n) is 2.38. The Bertz CT molecular complexity index is 646. The first-order chi connectivity index (χ1) is 11.2. The highest BCUT2D eigenvalue weighted by Gasteiger charge is 2.42. The van der Waals surface area contributed by atoms with E-state index in [2.05, 4.69) is 0 Å². The van der Waals surface area contributed by atoms with E-state index in [0.717, 1.165) is 5.56 Å². The second-order valence-electron chi connectivity index (χ2n) is 5.31. The molecule has 1 aromatic carbocycles. The van der Waals surface area contributed by atoms with E-state index < -0.39 is 29.0 Å². The third-order valence-corrected chi connectivity index (χ3v) is 3.68. The van der Waals surface area contributed by atoms with Crippen molar-refractivity contribution < 1.29 is 27.7 Å². The predicted octanol–water partition coefficient (Wildman–Crippen LogP) is 1.42. The molecule has 0 aliphatic carbocycles. The Hall–Kier alpha value is -2.65. The molecule has 0 bridgehead atoms. The Morgan fingerprint density at radius 3 is 2.50 bits per heavy atom. The van der Waals surface area contributed by atoms with E-state index in [1.165, 1.54) is 17.0 Å². The van der Waals surface area contributed by atoms with Crippen LogP contribution in [0.2, 0.25) is 0 Å². The first-order valence-corrected chi connectivity index (χ1v) is 7.08. The van der Waals surface area contributed by atoms with Gasteiger partial charge in [0.2, 0.25) is 5.91 Å². The summed E-state index contributed by atoms with van der Waals surface area (Å²) < 4.78 is 36.6. The minimum atomic E-state index is -5.02. The van der Waals surface area contributed by atoms with Gasteiger partial charge in [-0.1, -0.05) is 12.1 Å². The number of carbonyl (C=O) groups is 2. The largest absolute Gasteiger partial charge is 0.471 e. The number of nitro benzene ring substituents is 1. The van der Waals surface area contributed by atoms with Crippen LogP contribution in [-0.2, 0) is 16.0 Å². The maximum atomic E-state index is 12.2. The van der Waals surface area contributed by atoms with E-state index in [0.29, 0.717) is 6.42 Å². The maximum Gasteiger partial charge on any atom is 0.471 e. The number of amides is 2. The van der Waals surface area contributed by atoms with E-state index in [-0.39, 0.29) is 25.2 Å². The Morgan fingerprint density at radius 2 is 1.96 bits per heavy atom. The molecule has 24 heavy (non-hydrogen) atoms. The summed E-state index contributed by atoms with van der Waals surface area (Å²) in [7, 11) is 0. The number of halogens is 3.